The molecule has 0 heterocycles. The van der Waals surface area contributed by atoms with Crippen molar-refractivity contribution in [3.63, 3.8) is 0 Å². The van der Waals surface area contributed by atoms with Gasteiger partial charge in [-0.3, -0.25) is 0 Å². The fraction of sp³-hybridized carbons (Fsp3) is 0.120. The third-order valence-electron chi connectivity index (χ3n) is 12.3. The lowest BCUT2D eigenvalue weighted by atomic mass is 9.56. The molecule has 1 nitrogen and oxygen atoms in total. The fourth-order valence-corrected chi connectivity index (χ4v) is 9.12. The van der Waals surface area contributed by atoms with Crippen LogP contribution in [0.4, 0.5) is 17.1 Å². The SMILES string of the molecule is CC1(C)c2cccc3cc(-c4ccccc4N(c4ccccc4)c4ccc5c6ccccc6c6ccccc6c5c4)c4cccc(c4c23)C1(C)C. The highest BCUT2D eigenvalue weighted by Crippen LogP contribution is 2.55. The van der Waals surface area contributed by atoms with Gasteiger partial charge in [-0.15, -0.1) is 0 Å². The minimum Gasteiger partial charge on any atom is -0.310 e. The predicted octanol–water partition coefficient (Wildman–Crippen LogP) is 14.2. The number of anilines is 3. The highest BCUT2D eigenvalue weighted by Gasteiger charge is 2.45. The Morgan fingerprint density at radius 1 is 0.353 bits per heavy atom. The molecular weight excluding hydrogens is 615 g/mol. The minimum absolute atomic E-state index is 0.0110. The summed E-state index contributed by atoms with van der Waals surface area (Å²) in [4.78, 5) is 2.45. The van der Waals surface area contributed by atoms with E-state index in [2.05, 4.69) is 196 Å². The molecule has 0 saturated heterocycles. The Balaban J connectivity index is 1.27. The van der Waals surface area contributed by atoms with Gasteiger partial charge >= 0.3 is 0 Å². The number of benzene rings is 9. The van der Waals surface area contributed by atoms with Gasteiger partial charge in [0, 0.05) is 16.9 Å². The fourth-order valence-electron chi connectivity index (χ4n) is 9.12. The van der Waals surface area contributed by atoms with Crippen LogP contribution < -0.4 is 4.90 Å². The van der Waals surface area contributed by atoms with Crippen LogP contribution in [0.2, 0.25) is 0 Å². The zero-order valence-electron chi connectivity index (χ0n) is 29.5. The van der Waals surface area contributed by atoms with Gasteiger partial charge in [-0.25, -0.2) is 0 Å². The van der Waals surface area contributed by atoms with Gasteiger partial charge in [0.15, 0.2) is 0 Å². The summed E-state index contributed by atoms with van der Waals surface area (Å²) in [5.41, 5.74) is 8.73. The first-order valence-electron chi connectivity index (χ1n) is 18.1. The summed E-state index contributed by atoms with van der Waals surface area (Å²) >= 11 is 0. The summed E-state index contributed by atoms with van der Waals surface area (Å²) in [5.74, 6) is 0. The van der Waals surface area contributed by atoms with E-state index in [0.29, 0.717) is 0 Å². The Labute approximate surface area is 299 Å². The van der Waals surface area contributed by atoms with Gasteiger partial charge in [0.2, 0.25) is 0 Å². The minimum atomic E-state index is -0.0416. The lowest BCUT2D eigenvalue weighted by Crippen LogP contribution is -2.42. The smallest absolute Gasteiger partial charge is 0.0540 e. The van der Waals surface area contributed by atoms with Crippen LogP contribution in [-0.4, -0.2) is 0 Å². The van der Waals surface area contributed by atoms with E-state index in [1.54, 1.807) is 0 Å². The van der Waals surface area contributed by atoms with E-state index in [-0.39, 0.29) is 10.8 Å². The summed E-state index contributed by atoms with van der Waals surface area (Å²) in [7, 11) is 0. The molecule has 0 fully saturated rings. The van der Waals surface area contributed by atoms with E-state index < -0.39 is 0 Å². The van der Waals surface area contributed by atoms with Crippen molar-refractivity contribution in [1.29, 1.82) is 0 Å². The van der Waals surface area contributed by atoms with Crippen molar-refractivity contribution in [3.8, 4) is 11.1 Å². The van der Waals surface area contributed by atoms with Crippen LogP contribution in [0.25, 0.3) is 65.0 Å². The monoisotopic (exact) mass is 653 g/mol. The first kappa shape index (κ1) is 29.9. The third-order valence-corrected chi connectivity index (χ3v) is 12.3. The maximum Gasteiger partial charge on any atom is 0.0540 e. The molecule has 0 aliphatic heterocycles. The van der Waals surface area contributed by atoms with Crippen molar-refractivity contribution in [1.82, 2.24) is 0 Å². The van der Waals surface area contributed by atoms with E-state index >= 15 is 0 Å². The molecule has 51 heavy (non-hydrogen) atoms. The van der Waals surface area contributed by atoms with Crippen LogP contribution in [0.5, 0.6) is 0 Å². The first-order chi connectivity index (χ1) is 24.8. The van der Waals surface area contributed by atoms with Crippen molar-refractivity contribution in [2.24, 2.45) is 0 Å². The van der Waals surface area contributed by atoms with Crippen LogP contribution in [0.3, 0.4) is 0 Å². The molecule has 0 unspecified atom stereocenters. The van der Waals surface area contributed by atoms with Gasteiger partial charge in [0.25, 0.3) is 0 Å². The molecule has 1 heteroatoms. The van der Waals surface area contributed by atoms with Crippen LogP contribution in [0, 0.1) is 0 Å². The van der Waals surface area contributed by atoms with Crippen molar-refractivity contribution < 1.29 is 0 Å². The van der Waals surface area contributed by atoms with Gasteiger partial charge < -0.3 is 4.90 Å². The number of fused-ring (bicyclic) bond motifs is 6. The van der Waals surface area contributed by atoms with Crippen LogP contribution in [0.15, 0.2) is 164 Å². The number of nitrogens with zero attached hydrogens (tertiary/aromatic N) is 1. The molecule has 0 spiro atoms. The van der Waals surface area contributed by atoms with Gasteiger partial charge in [0.1, 0.15) is 0 Å². The molecule has 0 radical (unpaired) electrons. The number of hydrogen-bond donors (Lipinski definition) is 0. The van der Waals surface area contributed by atoms with Gasteiger partial charge in [-0.2, -0.15) is 0 Å². The molecule has 0 saturated carbocycles. The van der Waals surface area contributed by atoms with Crippen molar-refractivity contribution in [3.05, 3.63) is 175 Å². The van der Waals surface area contributed by atoms with Gasteiger partial charge in [-0.05, 0) is 118 Å². The lowest BCUT2D eigenvalue weighted by molar-refractivity contribution is 0.304. The van der Waals surface area contributed by atoms with E-state index in [4.69, 9.17) is 0 Å². The summed E-state index contributed by atoms with van der Waals surface area (Å²) in [6.07, 6.45) is 0. The number of hydrogen-bond acceptors (Lipinski definition) is 1. The van der Waals surface area contributed by atoms with Crippen LogP contribution >= 0.6 is 0 Å². The highest BCUT2D eigenvalue weighted by atomic mass is 15.1. The Kier molecular flexibility index (Phi) is 6.34. The maximum absolute atomic E-state index is 2.45. The Morgan fingerprint density at radius 3 is 1.57 bits per heavy atom. The number of rotatable bonds is 4. The normalized spacial score (nSPS) is 14.6. The molecule has 10 rings (SSSR count). The maximum atomic E-state index is 2.45. The highest BCUT2D eigenvalue weighted by molar-refractivity contribution is 6.26. The molecule has 244 valence electrons. The Bertz CT molecular complexity index is 2820. The molecule has 1 aliphatic rings. The average Bonchev–Trinajstić information content (AvgIpc) is 3.17. The molecule has 0 aromatic heterocycles. The number of para-hydroxylation sites is 2. The van der Waals surface area contributed by atoms with Crippen molar-refractivity contribution in [2.75, 3.05) is 4.90 Å². The van der Waals surface area contributed by atoms with Crippen LogP contribution in [0.1, 0.15) is 38.8 Å². The molecule has 0 N–H and O–H groups in total. The molecule has 1 aliphatic carbocycles. The standard InChI is InChI=1S/C50H39N/c1-49(2)44-25-14-16-32-30-42(41-24-15-26-45(50(49,3)4)48(41)47(32)44)40-23-12-13-27-46(40)51(33-17-6-5-7-18-33)34-28-29-39-37-21-9-8-19-35(37)36-20-10-11-22-38(36)43(39)31-34/h5-31H,1-4H3. The second-order valence-corrected chi connectivity index (χ2v) is 15.3. The quantitative estimate of drug-likeness (QED) is 0.171. The molecular formula is C50H39N. The second-order valence-electron chi connectivity index (χ2n) is 15.3. The summed E-state index contributed by atoms with van der Waals surface area (Å²) < 4.78 is 0. The molecule has 9 aromatic rings. The zero-order chi connectivity index (χ0) is 34.5. The van der Waals surface area contributed by atoms with E-state index in [0.717, 1.165) is 17.1 Å². The lowest BCUT2D eigenvalue weighted by Gasteiger charge is -2.47. The molecule has 0 bridgehead atoms. The van der Waals surface area contributed by atoms with E-state index in [1.807, 2.05) is 0 Å². The Morgan fingerprint density at radius 2 is 0.882 bits per heavy atom. The van der Waals surface area contributed by atoms with E-state index in [9.17, 15) is 0 Å². The summed E-state index contributed by atoms with van der Waals surface area (Å²) in [6, 6.07) is 60.9. The van der Waals surface area contributed by atoms with Crippen molar-refractivity contribution in [2.45, 2.75) is 38.5 Å². The van der Waals surface area contributed by atoms with Gasteiger partial charge in [-0.1, -0.05) is 155 Å². The average molecular weight is 654 g/mol. The molecule has 9 aromatic carbocycles. The van der Waals surface area contributed by atoms with Crippen molar-refractivity contribution >= 4 is 70.9 Å². The zero-order valence-corrected chi connectivity index (χ0v) is 29.5. The Hall–Kier alpha value is -5.92. The summed E-state index contributed by atoms with van der Waals surface area (Å²) in [5, 5.41) is 13.1. The molecule has 0 amide bonds. The van der Waals surface area contributed by atoms with Gasteiger partial charge in [0.05, 0.1) is 5.69 Å². The predicted molar refractivity (Wildman–Crippen MR) is 220 cm³/mol. The second kappa shape index (κ2) is 10.8. The third kappa shape index (κ3) is 4.15. The molecule has 0 atom stereocenters. The van der Waals surface area contributed by atoms with Crippen LogP contribution in [-0.2, 0) is 10.8 Å². The summed E-state index contributed by atoms with van der Waals surface area (Å²) in [6.45, 7) is 9.68. The topological polar surface area (TPSA) is 3.24 Å². The van der Waals surface area contributed by atoms with E-state index in [1.165, 1.54) is 76.1 Å². The largest absolute Gasteiger partial charge is 0.310 e. The first-order valence-corrected chi connectivity index (χ1v) is 18.1.